The molecule has 12 heavy (non-hydrogen) atoms. The van der Waals surface area contributed by atoms with Gasteiger partial charge in [-0.15, -0.1) is 0 Å². The van der Waals surface area contributed by atoms with Crippen LogP contribution in [-0.2, 0) is 4.79 Å². The lowest BCUT2D eigenvalue weighted by Crippen LogP contribution is -2.08. The van der Waals surface area contributed by atoms with Gasteiger partial charge in [0.05, 0.1) is 0 Å². The number of hydrogen-bond acceptors (Lipinski definition) is 2. The Morgan fingerprint density at radius 1 is 1.42 bits per heavy atom. The maximum Gasteiger partial charge on any atom is 0.333 e. The third-order valence-electron chi connectivity index (χ3n) is 1.53. The van der Waals surface area contributed by atoms with E-state index in [9.17, 15) is 4.79 Å². The highest BCUT2D eigenvalue weighted by Crippen LogP contribution is 2.15. The molecule has 3 heteroatoms. The first-order valence-electron chi connectivity index (χ1n) is 3.49. The monoisotopic (exact) mass is 163 g/mol. The second-order valence-corrected chi connectivity index (χ2v) is 2.33. The topological polar surface area (TPSA) is 49.7 Å². The van der Waals surface area contributed by atoms with Crippen molar-refractivity contribution in [1.82, 2.24) is 0 Å². The molecule has 0 aliphatic heterocycles. The van der Waals surface area contributed by atoms with Crippen LogP contribution in [0.25, 0.3) is 0 Å². The fourth-order valence-corrected chi connectivity index (χ4v) is 0.961. The molecule has 0 aromatic heterocycles. The molecule has 3 nitrogen and oxygen atoms in total. The first kappa shape index (κ1) is 8.46. The van der Waals surface area contributed by atoms with Crippen LogP contribution >= 0.6 is 0 Å². The number of rotatable bonds is 3. The maximum atomic E-state index is 10.6. The smallest absolute Gasteiger partial charge is 0.333 e. The Morgan fingerprint density at radius 3 is 2.42 bits per heavy atom. The largest absolute Gasteiger partial charge is 0.479 e. The summed E-state index contributed by atoms with van der Waals surface area (Å²) >= 11 is 0. The molecule has 0 spiro atoms. The molecule has 62 valence electrons. The van der Waals surface area contributed by atoms with E-state index < -0.39 is 12.0 Å². The molecule has 1 aromatic rings. The minimum absolute atomic E-state index is 0.653. The van der Waals surface area contributed by atoms with Gasteiger partial charge in [-0.05, 0) is 12.3 Å². The highest BCUT2D eigenvalue weighted by atomic mass is 16.4. The second kappa shape index (κ2) is 3.67. The SMILES string of the molecule is C=N[C@@H](C(=O)O)c1ccccc1. The Kier molecular flexibility index (Phi) is 2.58. The number of hydrogen-bond donors (Lipinski definition) is 1. The Labute approximate surface area is 70.4 Å². The Bertz CT molecular complexity index is 282. The fraction of sp³-hybridized carbons (Fsp3) is 0.111. The molecule has 1 N–H and O–H groups in total. The van der Waals surface area contributed by atoms with E-state index >= 15 is 0 Å². The summed E-state index contributed by atoms with van der Waals surface area (Å²) in [5, 5.41) is 8.69. The van der Waals surface area contributed by atoms with Crippen LogP contribution in [0.15, 0.2) is 35.3 Å². The van der Waals surface area contributed by atoms with Crippen molar-refractivity contribution in [2.24, 2.45) is 4.99 Å². The average Bonchev–Trinajstić information content (AvgIpc) is 2.07. The summed E-state index contributed by atoms with van der Waals surface area (Å²) < 4.78 is 0. The van der Waals surface area contributed by atoms with Crippen molar-refractivity contribution < 1.29 is 9.90 Å². The van der Waals surface area contributed by atoms with Crippen LogP contribution in [0.5, 0.6) is 0 Å². The zero-order valence-electron chi connectivity index (χ0n) is 6.47. The number of carboxylic acid groups (broad SMARTS) is 1. The van der Waals surface area contributed by atoms with Crippen LogP contribution < -0.4 is 0 Å². The van der Waals surface area contributed by atoms with E-state index in [1.807, 2.05) is 6.07 Å². The number of benzene rings is 1. The molecule has 0 aliphatic rings. The molecule has 0 fully saturated rings. The minimum Gasteiger partial charge on any atom is -0.479 e. The quantitative estimate of drug-likeness (QED) is 0.686. The molecule has 0 radical (unpaired) electrons. The van der Waals surface area contributed by atoms with Gasteiger partial charge in [-0.25, -0.2) is 4.79 Å². The molecular weight excluding hydrogens is 154 g/mol. The third kappa shape index (κ3) is 1.69. The predicted molar refractivity (Wildman–Crippen MR) is 46.4 cm³/mol. The molecule has 0 aliphatic carbocycles. The molecule has 1 aromatic carbocycles. The summed E-state index contributed by atoms with van der Waals surface area (Å²) in [4.78, 5) is 14.1. The van der Waals surface area contributed by atoms with E-state index in [1.165, 1.54) is 0 Å². The van der Waals surface area contributed by atoms with E-state index in [0.717, 1.165) is 0 Å². The molecule has 0 unspecified atom stereocenters. The lowest BCUT2D eigenvalue weighted by molar-refractivity contribution is -0.138. The van der Waals surface area contributed by atoms with Crippen molar-refractivity contribution in [2.75, 3.05) is 0 Å². The molecule has 0 saturated heterocycles. The summed E-state index contributed by atoms with van der Waals surface area (Å²) in [6.45, 7) is 3.23. The zero-order chi connectivity index (χ0) is 8.97. The van der Waals surface area contributed by atoms with Crippen LogP contribution in [0, 0.1) is 0 Å². The number of aliphatic carboxylic acids is 1. The van der Waals surface area contributed by atoms with Gasteiger partial charge in [0.2, 0.25) is 0 Å². The minimum atomic E-state index is -0.976. The summed E-state index contributed by atoms with van der Waals surface area (Å²) in [6, 6.07) is 7.96. The lowest BCUT2D eigenvalue weighted by Gasteiger charge is -2.05. The van der Waals surface area contributed by atoms with Gasteiger partial charge < -0.3 is 5.11 Å². The van der Waals surface area contributed by atoms with Crippen molar-refractivity contribution in [2.45, 2.75) is 6.04 Å². The predicted octanol–water partition coefficient (Wildman–Crippen LogP) is 1.51. The van der Waals surface area contributed by atoms with Crippen molar-refractivity contribution in [3.8, 4) is 0 Å². The van der Waals surface area contributed by atoms with Crippen molar-refractivity contribution in [1.29, 1.82) is 0 Å². The van der Waals surface area contributed by atoms with E-state index in [2.05, 4.69) is 11.7 Å². The van der Waals surface area contributed by atoms with Gasteiger partial charge in [0.25, 0.3) is 0 Å². The zero-order valence-corrected chi connectivity index (χ0v) is 6.47. The first-order chi connectivity index (χ1) is 5.75. The van der Waals surface area contributed by atoms with Gasteiger partial charge >= 0.3 is 5.97 Å². The lowest BCUT2D eigenvalue weighted by atomic mass is 10.1. The van der Waals surface area contributed by atoms with Gasteiger partial charge in [0, 0.05) is 0 Å². The van der Waals surface area contributed by atoms with E-state index in [4.69, 9.17) is 5.11 Å². The van der Waals surface area contributed by atoms with Gasteiger partial charge in [0.15, 0.2) is 6.04 Å². The Morgan fingerprint density at radius 2 is 2.00 bits per heavy atom. The highest BCUT2D eigenvalue weighted by Gasteiger charge is 2.15. The molecule has 0 bridgehead atoms. The number of carbonyl (C=O) groups is 1. The molecule has 1 rings (SSSR count). The van der Waals surface area contributed by atoms with Crippen molar-refractivity contribution in [3.05, 3.63) is 35.9 Å². The van der Waals surface area contributed by atoms with Crippen LogP contribution in [-0.4, -0.2) is 17.8 Å². The van der Waals surface area contributed by atoms with E-state index in [-0.39, 0.29) is 0 Å². The number of aliphatic imine (C=N–C) groups is 1. The molecule has 0 amide bonds. The van der Waals surface area contributed by atoms with Crippen molar-refractivity contribution >= 4 is 12.7 Å². The van der Waals surface area contributed by atoms with Crippen LogP contribution in [0.2, 0.25) is 0 Å². The maximum absolute atomic E-state index is 10.6. The standard InChI is InChI=1S/C9H9NO2/c1-10-8(9(11)12)7-5-3-2-4-6-7/h2-6,8H,1H2,(H,11,12)/t8-/m1/s1. The molecule has 0 saturated carbocycles. The summed E-state index contributed by atoms with van der Waals surface area (Å²) in [5.41, 5.74) is 0.653. The van der Waals surface area contributed by atoms with Gasteiger partial charge in [-0.2, -0.15) is 0 Å². The van der Waals surface area contributed by atoms with Gasteiger partial charge in [-0.3, -0.25) is 4.99 Å². The Hall–Kier alpha value is -1.64. The van der Waals surface area contributed by atoms with Crippen molar-refractivity contribution in [3.63, 3.8) is 0 Å². The van der Waals surface area contributed by atoms with Gasteiger partial charge in [-0.1, -0.05) is 30.3 Å². The number of carboxylic acids is 1. The van der Waals surface area contributed by atoms with Gasteiger partial charge in [0.1, 0.15) is 0 Å². The average molecular weight is 163 g/mol. The molecular formula is C9H9NO2. The Balaban J connectivity index is 2.95. The highest BCUT2D eigenvalue weighted by molar-refractivity contribution is 5.76. The van der Waals surface area contributed by atoms with Crippen LogP contribution in [0.3, 0.4) is 0 Å². The summed E-state index contributed by atoms with van der Waals surface area (Å²) in [7, 11) is 0. The normalized spacial score (nSPS) is 12.0. The molecule has 1 atom stereocenters. The first-order valence-corrected chi connectivity index (χ1v) is 3.49. The summed E-state index contributed by atoms with van der Waals surface area (Å²) in [6.07, 6.45) is 0. The summed E-state index contributed by atoms with van der Waals surface area (Å²) in [5.74, 6) is -0.976. The number of nitrogens with zero attached hydrogens (tertiary/aromatic N) is 1. The van der Waals surface area contributed by atoms with Crippen LogP contribution in [0.1, 0.15) is 11.6 Å². The van der Waals surface area contributed by atoms with E-state index in [0.29, 0.717) is 5.56 Å². The van der Waals surface area contributed by atoms with Crippen LogP contribution in [0.4, 0.5) is 0 Å². The second-order valence-electron chi connectivity index (χ2n) is 2.33. The van der Waals surface area contributed by atoms with E-state index in [1.54, 1.807) is 24.3 Å². The molecule has 0 heterocycles. The fourth-order valence-electron chi connectivity index (χ4n) is 0.961. The third-order valence-corrected chi connectivity index (χ3v) is 1.53.